The van der Waals surface area contributed by atoms with Gasteiger partial charge in [0, 0.05) is 24.0 Å². The van der Waals surface area contributed by atoms with Gasteiger partial charge in [-0.2, -0.15) is 10.2 Å². The van der Waals surface area contributed by atoms with Crippen LogP contribution >= 0.6 is 0 Å². The fourth-order valence-electron chi connectivity index (χ4n) is 3.71. The highest BCUT2D eigenvalue weighted by Gasteiger charge is 2.16. The summed E-state index contributed by atoms with van der Waals surface area (Å²) in [5, 5.41) is 9.25. The van der Waals surface area contributed by atoms with Gasteiger partial charge in [-0.25, -0.2) is 9.36 Å². The van der Waals surface area contributed by atoms with Gasteiger partial charge in [-0.15, -0.1) is 0 Å². The molecule has 0 unspecified atom stereocenters. The highest BCUT2D eigenvalue weighted by atomic mass is 16.5. The zero-order chi connectivity index (χ0) is 22.8. The van der Waals surface area contributed by atoms with Crippen molar-refractivity contribution in [1.29, 1.82) is 0 Å². The molecule has 5 aromatic rings. The lowest BCUT2D eigenvalue weighted by Crippen LogP contribution is -2.15. The van der Waals surface area contributed by atoms with Crippen LogP contribution < -0.4 is 10.2 Å². The number of rotatable bonds is 5. The third kappa shape index (κ3) is 3.92. The van der Waals surface area contributed by atoms with Gasteiger partial charge in [-0.1, -0.05) is 30.3 Å². The van der Waals surface area contributed by atoms with E-state index in [1.165, 1.54) is 6.07 Å². The Morgan fingerprint density at radius 2 is 1.70 bits per heavy atom. The maximum absolute atomic E-state index is 12.8. The smallest absolute Gasteiger partial charge is 0.209 e. The van der Waals surface area contributed by atoms with E-state index in [-0.39, 0.29) is 5.43 Å². The van der Waals surface area contributed by atoms with Crippen LogP contribution in [0, 0.1) is 6.92 Å². The molecular formula is C26H21N5O2. The van der Waals surface area contributed by atoms with Gasteiger partial charge in [0.1, 0.15) is 11.4 Å². The van der Waals surface area contributed by atoms with Crippen molar-refractivity contribution in [2.45, 2.75) is 6.92 Å². The average Bonchev–Trinajstić information content (AvgIpc) is 3.26. The van der Waals surface area contributed by atoms with E-state index >= 15 is 0 Å². The first kappa shape index (κ1) is 20.4. The number of hydrogen-bond donors (Lipinski definition) is 0. The van der Waals surface area contributed by atoms with E-state index in [1.54, 1.807) is 28.9 Å². The molecule has 7 heteroatoms. The number of ether oxygens (including phenoxy) is 1. The predicted octanol–water partition coefficient (Wildman–Crippen LogP) is 4.46. The minimum Gasteiger partial charge on any atom is -0.494 e. The number of aromatic nitrogens is 5. The van der Waals surface area contributed by atoms with Crippen LogP contribution in [0.2, 0.25) is 0 Å². The average molecular weight is 435 g/mol. The number of aryl methyl sites for hydroxylation is 1. The van der Waals surface area contributed by atoms with Crippen molar-refractivity contribution < 1.29 is 4.74 Å². The minimum absolute atomic E-state index is 0.188. The molecule has 0 radical (unpaired) electrons. The van der Waals surface area contributed by atoms with Crippen molar-refractivity contribution in [3.63, 3.8) is 0 Å². The number of pyridine rings is 1. The molecular weight excluding hydrogens is 414 g/mol. The summed E-state index contributed by atoms with van der Waals surface area (Å²) in [6.07, 6.45) is 3.39. The minimum atomic E-state index is -0.188. The van der Waals surface area contributed by atoms with Gasteiger partial charge in [0.15, 0.2) is 5.69 Å². The van der Waals surface area contributed by atoms with E-state index < -0.39 is 0 Å². The second-order valence-electron chi connectivity index (χ2n) is 7.49. The molecule has 33 heavy (non-hydrogen) atoms. The summed E-state index contributed by atoms with van der Waals surface area (Å²) in [5.74, 6) is 0.619. The first-order chi connectivity index (χ1) is 16.1. The lowest BCUT2D eigenvalue weighted by atomic mass is 10.1. The van der Waals surface area contributed by atoms with Gasteiger partial charge < -0.3 is 4.74 Å². The van der Waals surface area contributed by atoms with Crippen molar-refractivity contribution >= 4 is 0 Å². The molecule has 0 bridgehead atoms. The summed E-state index contributed by atoms with van der Waals surface area (Å²) in [6.45, 7) is 1.89. The lowest BCUT2D eigenvalue weighted by molar-refractivity contribution is 0.411. The van der Waals surface area contributed by atoms with Crippen LogP contribution in [0.3, 0.4) is 0 Å². The van der Waals surface area contributed by atoms with Crippen LogP contribution in [-0.2, 0) is 0 Å². The summed E-state index contributed by atoms with van der Waals surface area (Å²) in [5.41, 5.74) is 4.87. The van der Waals surface area contributed by atoms with Gasteiger partial charge in [0.05, 0.1) is 29.9 Å². The molecule has 0 saturated carbocycles. The van der Waals surface area contributed by atoms with E-state index in [1.807, 2.05) is 79.7 Å². The number of nitrogens with zero attached hydrogens (tertiary/aromatic N) is 5. The molecule has 7 nitrogen and oxygen atoms in total. The molecule has 0 aliphatic heterocycles. The maximum Gasteiger partial charge on any atom is 0.209 e. The van der Waals surface area contributed by atoms with Crippen molar-refractivity contribution in [2.75, 3.05) is 7.11 Å². The topological polar surface area (TPSA) is 74.8 Å². The lowest BCUT2D eigenvalue weighted by Gasteiger charge is -2.13. The normalized spacial score (nSPS) is 10.8. The summed E-state index contributed by atoms with van der Waals surface area (Å²) in [6, 6.07) is 24.6. The molecule has 2 aromatic carbocycles. The zero-order valence-electron chi connectivity index (χ0n) is 18.2. The second-order valence-corrected chi connectivity index (χ2v) is 7.49. The first-order valence-electron chi connectivity index (χ1n) is 10.5. The Balaban J connectivity index is 1.62. The van der Waals surface area contributed by atoms with E-state index in [0.29, 0.717) is 22.8 Å². The first-order valence-corrected chi connectivity index (χ1v) is 10.5. The molecule has 162 valence electrons. The number of methoxy groups -OCH3 is 1. The SMILES string of the molecule is COc1cc(-c2ccccn2)ccc1-n1ccc(=O)c(-c2cc(C)nn2-c2ccccc2)n1. The Morgan fingerprint density at radius 3 is 2.45 bits per heavy atom. The van der Waals surface area contributed by atoms with Crippen molar-refractivity contribution in [1.82, 2.24) is 24.5 Å². The molecule has 0 atom stereocenters. The fraction of sp³-hybridized carbons (Fsp3) is 0.0769. The molecule has 0 N–H and O–H groups in total. The van der Waals surface area contributed by atoms with E-state index in [9.17, 15) is 4.79 Å². The Morgan fingerprint density at radius 1 is 0.879 bits per heavy atom. The Hall–Kier alpha value is -4.52. The van der Waals surface area contributed by atoms with Crippen molar-refractivity contribution in [3.8, 4) is 39.8 Å². The molecule has 0 amide bonds. The standard InChI is InChI=1S/C26H21N5O2/c1-18-16-23(31(28-18)20-8-4-3-5-9-20)26-24(32)13-15-30(29-26)22-12-11-19(17-25(22)33-2)21-10-6-7-14-27-21/h3-17H,1-2H3. The van der Waals surface area contributed by atoms with Gasteiger partial charge in [0.25, 0.3) is 0 Å². The van der Waals surface area contributed by atoms with Gasteiger partial charge >= 0.3 is 0 Å². The van der Waals surface area contributed by atoms with E-state index in [0.717, 1.165) is 22.6 Å². The van der Waals surface area contributed by atoms with Crippen LogP contribution in [0.1, 0.15) is 5.69 Å². The van der Waals surface area contributed by atoms with Crippen LogP contribution in [0.4, 0.5) is 0 Å². The third-order valence-corrected chi connectivity index (χ3v) is 5.27. The molecule has 3 heterocycles. The zero-order valence-corrected chi connectivity index (χ0v) is 18.2. The van der Waals surface area contributed by atoms with E-state index in [4.69, 9.17) is 4.74 Å². The van der Waals surface area contributed by atoms with Gasteiger partial charge in [-0.05, 0) is 49.4 Å². The molecule has 0 saturated heterocycles. The molecule has 0 spiro atoms. The quantitative estimate of drug-likeness (QED) is 0.407. The van der Waals surface area contributed by atoms with Crippen LogP contribution in [0.5, 0.6) is 5.75 Å². The predicted molar refractivity (Wildman–Crippen MR) is 127 cm³/mol. The van der Waals surface area contributed by atoms with Gasteiger partial charge in [0.2, 0.25) is 5.43 Å². The second kappa shape index (κ2) is 8.55. The number of hydrogen-bond acceptors (Lipinski definition) is 5. The summed E-state index contributed by atoms with van der Waals surface area (Å²) < 4.78 is 9.04. The summed E-state index contributed by atoms with van der Waals surface area (Å²) in [4.78, 5) is 17.2. The fourth-order valence-corrected chi connectivity index (χ4v) is 3.71. The monoisotopic (exact) mass is 435 g/mol. The largest absolute Gasteiger partial charge is 0.494 e. The molecule has 5 rings (SSSR count). The highest BCUT2D eigenvalue weighted by Crippen LogP contribution is 2.29. The number of benzene rings is 2. The molecule has 0 aliphatic carbocycles. The van der Waals surface area contributed by atoms with Crippen molar-refractivity contribution in [3.05, 3.63) is 107 Å². The molecule has 0 aliphatic rings. The Labute approximate surface area is 190 Å². The van der Waals surface area contributed by atoms with Gasteiger partial charge in [-0.3, -0.25) is 9.78 Å². The number of para-hydroxylation sites is 1. The Bertz CT molecular complexity index is 1470. The van der Waals surface area contributed by atoms with Crippen LogP contribution in [0.25, 0.3) is 34.0 Å². The highest BCUT2D eigenvalue weighted by molar-refractivity contribution is 5.65. The maximum atomic E-state index is 12.8. The van der Waals surface area contributed by atoms with Crippen LogP contribution in [-0.4, -0.2) is 31.7 Å². The van der Waals surface area contributed by atoms with Crippen LogP contribution in [0.15, 0.2) is 96.1 Å². The summed E-state index contributed by atoms with van der Waals surface area (Å²) in [7, 11) is 1.61. The Kier molecular flexibility index (Phi) is 5.28. The van der Waals surface area contributed by atoms with E-state index in [2.05, 4.69) is 15.2 Å². The molecule has 0 fully saturated rings. The molecule has 3 aromatic heterocycles. The summed E-state index contributed by atoms with van der Waals surface area (Å²) >= 11 is 0. The van der Waals surface area contributed by atoms with Crippen molar-refractivity contribution in [2.24, 2.45) is 0 Å². The third-order valence-electron chi connectivity index (χ3n) is 5.27.